The molecule has 5 rings (SSSR count). The second-order valence-corrected chi connectivity index (χ2v) is 11.3. The molecule has 2 aromatic carbocycles. The number of aliphatic hydroxyl groups is 1. The molecule has 1 atom stereocenters. The summed E-state index contributed by atoms with van der Waals surface area (Å²) in [5.74, 6) is 0.918. The van der Waals surface area contributed by atoms with Gasteiger partial charge in [-0.25, -0.2) is 0 Å². The lowest BCUT2D eigenvalue weighted by atomic mass is 9.91. The number of hydrogen-bond donors (Lipinski definition) is 1. The van der Waals surface area contributed by atoms with Gasteiger partial charge in [-0.15, -0.1) is 0 Å². The van der Waals surface area contributed by atoms with Crippen molar-refractivity contribution in [3.63, 3.8) is 0 Å². The van der Waals surface area contributed by atoms with Crippen LogP contribution in [0.5, 0.6) is 0 Å². The lowest BCUT2D eigenvalue weighted by Crippen LogP contribution is -2.55. The van der Waals surface area contributed by atoms with Crippen molar-refractivity contribution in [2.45, 2.75) is 43.3 Å². The van der Waals surface area contributed by atoms with Gasteiger partial charge in [-0.1, -0.05) is 36.8 Å². The van der Waals surface area contributed by atoms with Crippen LogP contribution >= 0.6 is 10.7 Å². The Bertz CT molecular complexity index is 1120. The fraction of sp³-hybridized carbons (Fsp3) is 0.462. The maximum Gasteiger partial charge on any atom is 0.417 e. The molecule has 0 amide bonds. The summed E-state index contributed by atoms with van der Waals surface area (Å²) in [6.45, 7) is 6.96. The van der Waals surface area contributed by atoms with Gasteiger partial charge in [0.1, 0.15) is 0 Å². The van der Waals surface area contributed by atoms with Crippen LogP contribution in [0.2, 0.25) is 0 Å². The van der Waals surface area contributed by atoms with Gasteiger partial charge in [-0.3, -0.25) is 14.2 Å². The molecular weight excluding hydrogens is 473 g/mol. The van der Waals surface area contributed by atoms with Crippen molar-refractivity contribution in [2.24, 2.45) is 4.99 Å². The Morgan fingerprint density at radius 1 is 0.971 bits per heavy atom. The third kappa shape index (κ3) is 4.99. The lowest BCUT2D eigenvalue weighted by Gasteiger charge is -2.44. The summed E-state index contributed by atoms with van der Waals surface area (Å²) >= 11 is 0. The van der Waals surface area contributed by atoms with Gasteiger partial charge in [-0.2, -0.15) is 13.2 Å². The zero-order valence-corrected chi connectivity index (χ0v) is 20.7. The van der Waals surface area contributed by atoms with Crippen LogP contribution in [0.3, 0.4) is 0 Å². The van der Waals surface area contributed by atoms with Gasteiger partial charge in [0.25, 0.3) is 0 Å². The van der Waals surface area contributed by atoms with E-state index in [1.165, 1.54) is 31.4 Å². The molecule has 0 radical (unpaired) electrons. The van der Waals surface area contributed by atoms with Gasteiger partial charge in [0.15, 0.2) is 0 Å². The molecule has 2 aromatic rings. The van der Waals surface area contributed by atoms with Crippen LogP contribution in [0.15, 0.2) is 58.4 Å². The first kappa shape index (κ1) is 24.3. The van der Waals surface area contributed by atoms with Gasteiger partial charge in [0.2, 0.25) is 5.96 Å². The first-order valence-corrected chi connectivity index (χ1v) is 13.4. The molecule has 3 aliphatic rings. The van der Waals surface area contributed by atoms with E-state index in [4.69, 9.17) is 4.99 Å². The number of guanidine groups is 1. The van der Waals surface area contributed by atoms with Crippen LogP contribution in [-0.4, -0.2) is 75.5 Å². The molecule has 1 aliphatic carbocycles. The Kier molecular flexibility index (Phi) is 6.92. The zero-order chi connectivity index (χ0) is 24.6. The van der Waals surface area contributed by atoms with Crippen molar-refractivity contribution in [2.75, 3.05) is 39.3 Å². The average molecular weight is 505 g/mol. The minimum atomic E-state index is -4.42. The molecular formula is C26H31F3N4OS. The summed E-state index contributed by atoms with van der Waals surface area (Å²) in [7, 11) is -0.744. The van der Waals surface area contributed by atoms with E-state index < -0.39 is 22.4 Å². The minimum absolute atomic E-state index is 0.156. The Morgan fingerprint density at radius 3 is 2.26 bits per heavy atom. The molecule has 5 nitrogen and oxygen atoms in total. The van der Waals surface area contributed by atoms with E-state index in [0.717, 1.165) is 49.1 Å². The number of aliphatic hydroxyl groups excluding tert-OH is 1. The predicted octanol–water partition coefficient (Wildman–Crippen LogP) is 5.46. The van der Waals surface area contributed by atoms with Crippen LogP contribution < -0.4 is 0 Å². The smallest absolute Gasteiger partial charge is 0.358 e. The summed E-state index contributed by atoms with van der Waals surface area (Å²) < 4.78 is 42.7. The summed E-state index contributed by atoms with van der Waals surface area (Å²) in [5.41, 5.74) is 0.0128. The molecule has 1 unspecified atom stereocenters. The van der Waals surface area contributed by atoms with E-state index in [-0.39, 0.29) is 10.6 Å². The SMILES string of the molecule is C/C(O)=S(\c1ccc(-c2ccccc2C(F)(F)F)cc1)N1CCN=C1N1CCN(C2CCC2)CC1. The fourth-order valence-electron chi connectivity index (χ4n) is 5.09. The summed E-state index contributed by atoms with van der Waals surface area (Å²) in [4.78, 5) is 10.5. The van der Waals surface area contributed by atoms with Crippen molar-refractivity contribution < 1.29 is 18.3 Å². The third-order valence-corrected chi connectivity index (χ3v) is 9.15. The van der Waals surface area contributed by atoms with Gasteiger partial charge in [0.05, 0.1) is 23.7 Å². The quantitative estimate of drug-likeness (QED) is 0.561. The third-order valence-electron chi connectivity index (χ3n) is 7.09. The highest BCUT2D eigenvalue weighted by Gasteiger charge is 2.34. The van der Waals surface area contributed by atoms with E-state index in [1.54, 1.807) is 25.1 Å². The van der Waals surface area contributed by atoms with Crippen molar-refractivity contribution >= 4 is 21.7 Å². The monoisotopic (exact) mass is 504 g/mol. The molecule has 1 saturated heterocycles. The van der Waals surface area contributed by atoms with Gasteiger partial charge in [-0.05, 0) is 59.8 Å². The van der Waals surface area contributed by atoms with Gasteiger partial charge >= 0.3 is 6.18 Å². The van der Waals surface area contributed by atoms with E-state index in [0.29, 0.717) is 18.7 Å². The van der Waals surface area contributed by atoms with Crippen LogP contribution in [0.25, 0.3) is 11.1 Å². The minimum Gasteiger partial charge on any atom is -0.358 e. The molecule has 2 heterocycles. The Balaban J connectivity index is 1.36. The number of piperazine rings is 1. The lowest BCUT2D eigenvalue weighted by molar-refractivity contribution is -0.137. The van der Waals surface area contributed by atoms with Crippen LogP contribution in [0.1, 0.15) is 31.7 Å². The molecule has 2 aliphatic heterocycles. The maximum absolute atomic E-state index is 13.5. The highest BCUT2D eigenvalue weighted by atomic mass is 32.2. The van der Waals surface area contributed by atoms with Crippen molar-refractivity contribution in [1.29, 1.82) is 0 Å². The van der Waals surface area contributed by atoms with Crippen LogP contribution in [0, 0.1) is 0 Å². The summed E-state index contributed by atoms with van der Waals surface area (Å²) in [6.07, 6.45) is -0.476. The second kappa shape index (κ2) is 9.95. The molecule has 0 spiro atoms. The molecule has 0 bridgehead atoms. The van der Waals surface area contributed by atoms with Crippen LogP contribution in [-0.2, 0) is 6.18 Å². The van der Waals surface area contributed by atoms with Crippen molar-refractivity contribution in [3.05, 3.63) is 54.1 Å². The molecule has 188 valence electrons. The average Bonchev–Trinajstić information content (AvgIpc) is 3.27. The second-order valence-electron chi connectivity index (χ2n) is 9.26. The Labute approximate surface area is 206 Å². The van der Waals surface area contributed by atoms with Crippen molar-refractivity contribution in [3.8, 4) is 11.1 Å². The van der Waals surface area contributed by atoms with Gasteiger partial charge < -0.3 is 10.0 Å². The molecule has 35 heavy (non-hydrogen) atoms. The number of hydrogen-bond acceptors (Lipinski definition) is 4. The number of halogens is 3. The topological polar surface area (TPSA) is 42.3 Å². The maximum atomic E-state index is 13.5. The van der Waals surface area contributed by atoms with Crippen molar-refractivity contribution in [1.82, 2.24) is 14.1 Å². The largest absolute Gasteiger partial charge is 0.417 e. The standard InChI is InChI=1S/C26H31F3N4OS/c1-19(34)35(22-11-9-20(10-12-22)23-7-2-3-8-24(23)26(27,28)29)33-14-13-30-25(33)32-17-15-31(16-18-32)21-5-4-6-21/h2-3,7-12,21,34H,4-6,13-18H2,1H3. The molecule has 1 N–H and O–H groups in total. The summed E-state index contributed by atoms with van der Waals surface area (Å²) in [6, 6.07) is 13.5. The highest BCUT2D eigenvalue weighted by molar-refractivity contribution is 8.14. The zero-order valence-electron chi connectivity index (χ0n) is 19.8. The van der Waals surface area contributed by atoms with Gasteiger partial charge in [0, 0.05) is 37.1 Å². The molecule has 0 aromatic heterocycles. The Hall–Kier alpha value is -2.36. The number of rotatable bonds is 4. The van der Waals surface area contributed by atoms with E-state index in [9.17, 15) is 18.3 Å². The van der Waals surface area contributed by atoms with E-state index in [2.05, 4.69) is 14.1 Å². The van der Waals surface area contributed by atoms with E-state index in [1.807, 2.05) is 12.1 Å². The molecule has 1 saturated carbocycles. The number of alkyl halides is 3. The Morgan fingerprint density at radius 2 is 1.66 bits per heavy atom. The first-order chi connectivity index (χ1) is 16.8. The molecule has 9 heteroatoms. The van der Waals surface area contributed by atoms with Crippen LogP contribution in [0.4, 0.5) is 13.2 Å². The normalized spacial score (nSPS) is 21.1. The molecule has 2 fully saturated rings. The fourth-order valence-corrected chi connectivity index (χ4v) is 7.00. The summed E-state index contributed by atoms with van der Waals surface area (Å²) in [5, 5.41) is 11.0. The predicted molar refractivity (Wildman–Crippen MR) is 136 cm³/mol. The van der Waals surface area contributed by atoms with E-state index >= 15 is 0 Å². The first-order valence-electron chi connectivity index (χ1n) is 12.2. The highest BCUT2D eigenvalue weighted by Crippen LogP contribution is 2.39. The number of benzene rings is 2. The number of aliphatic imine (C=N–C) groups is 1. The number of nitrogens with zero attached hydrogens (tertiary/aromatic N) is 4.